The normalized spacial score (nSPS) is 12.1. The number of hydrogen-bond donors (Lipinski definition) is 0. The lowest BCUT2D eigenvalue weighted by molar-refractivity contribution is 1.15. The molecule has 0 aliphatic carbocycles. The molecule has 0 N–H and O–H groups in total. The number of nitrogens with zero attached hydrogens (tertiary/aromatic N) is 3. The molecule has 0 radical (unpaired) electrons. The van der Waals surface area contributed by atoms with E-state index in [0.717, 1.165) is 17.1 Å². The van der Waals surface area contributed by atoms with E-state index in [-0.39, 0.29) is 0 Å². The number of hydrogen-bond acceptors (Lipinski definition) is 0. The summed E-state index contributed by atoms with van der Waals surface area (Å²) in [6.07, 6.45) is 0. The molecule has 0 spiro atoms. The Labute approximate surface area is 372 Å². The van der Waals surface area contributed by atoms with Gasteiger partial charge in [-0.15, -0.1) is 0 Å². The van der Waals surface area contributed by atoms with Gasteiger partial charge in [0.15, 0.2) is 8.07 Å². The summed E-state index contributed by atoms with van der Waals surface area (Å²) in [6, 6.07) is 92.3. The Morgan fingerprint density at radius 1 is 0.203 bits per heavy atom. The molecular formula is C60H41N3Si. The zero-order valence-corrected chi connectivity index (χ0v) is 36.0. The summed E-state index contributed by atoms with van der Waals surface area (Å²) in [7, 11) is -2.77. The van der Waals surface area contributed by atoms with E-state index in [1.54, 1.807) is 0 Å². The summed E-state index contributed by atoms with van der Waals surface area (Å²) in [4.78, 5) is 0. The van der Waals surface area contributed by atoms with Crippen LogP contribution < -0.4 is 20.7 Å². The first-order valence-corrected chi connectivity index (χ1v) is 24.1. The van der Waals surface area contributed by atoms with Gasteiger partial charge in [-0.25, -0.2) is 0 Å². The second-order valence-corrected chi connectivity index (χ2v) is 20.7. The third-order valence-electron chi connectivity index (χ3n) is 13.6. The fourth-order valence-corrected chi connectivity index (χ4v) is 15.7. The summed E-state index contributed by atoms with van der Waals surface area (Å²) in [5.41, 5.74) is 10.6. The Balaban J connectivity index is 1.04. The van der Waals surface area contributed by atoms with E-state index in [1.165, 1.54) is 86.2 Å². The minimum atomic E-state index is -2.77. The molecule has 0 aliphatic heterocycles. The summed E-state index contributed by atoms with van der Waals surface area (Å²) in [5.74, 6) is 0. The molecule has 0 unspecified atom stereocenters. The van der Waals surface area contributed by atoms with Crippen LogP contribution in [0.5, 0.6) is 0 Å². The largest absolute Gasteiger partial charge is 0.309 e. The van der Waals surface area contributed by atoms with Crippen LogP contribution in [0.15, 0.2) is 249 Å². The smallest absolute Gasteiger partial charge is 0.179 e. The molecule has 3 nitrogen and oxygen atoms in total. The molecule has 64 heavy (non-hydrogen) atoms. The molecule has 0 fully saturated rings. The second-order valence-electron chi connectivity index (χ2n) is 16.9. The average Bonchev–Trinajstić information content (AvgIpc) is 4.01. The van der Waals surface area contributed by atoms with Crippen molar-refractivity contribution in [3.63, 3.8) is 0 Å². The van der Waals surface area contributed by atoms with Crippen LogP contribution in [-0.2, 0) is 0 Å². The van der Waals surface area contributed by atoms with Gasteiger partial charge in [-0.05, 0) is 87.5 Å². The Morgan fingerprint density at radius 2 is 0.547 bits per heavy atom. The highest BCUT2D eigenvalue weighted by molar-refractivity contribution is 7.19. The van der Waals surface area contributed by atoms with Crippen molar-refractivity contribution in [2.24, 2.45) is 0 Å². The van der Waals surface area contributed by atoms with Crippen molar-refractivity contribution in [1.82, 2.24) is 13.7 Å². The fraction of sp³-hybridized carbons (Fsp3) is 0. The molecule has 0 atom stereocenters. The maximum atomic E-state index is 2.49. The molecule has 0 aliphatic rings. The van der Waals surface area contributed by atoms with Crippen molar-refractivity contribution < 1.29 is 0 Å². The van der Waals surface area contributed by atoms with E-state index >= 15 is 0 Å². The van der Waals surface area contributed by atoms with Crippen molar-refractivity contribution in [2.45, 2.75) is 0 Å². The Hall–Kier alpha value is -8.18. The Morgan fingerprint density at radius 3 is 1.05 bits per heavy atom. The van der Waals surface area contributed by atoms with E-state index in [2.05, 4.69) is 262 Å². The minimum absolute atomic E-state index is 1.13. The van der Waals surface area contributed by atoms with Gasteiger partial charge in [-0.3, -0.25) is 0 Å². The van der Waals surface area contributed by atoms with Gasteiger partial charge in [-0.1, -0.05) is 182 Å². The summed E-state index contributed by atoms with van der Waals surface area (Å²) in [5, 5.41) is 12.9. The quantitative estimate of drug-likeness (QED) is 0.112. The molecule has 0 saturated heterocycles. The molecule has 3 aromatic heterocycles. The van der Waals surface area contributed by atoms with Crippen LogP contribution in [0.2, 0.25) is 0 Å². The molecule has 3 heterocycles. The van der Waals surface area contributed by atoms with Crippen molar-refractivity contribution in [3.05, 3.63) is 249 Å². The van der Waals surface area contributed by atoms with Crippen molar-refractivity contribution in [2.75, 3.05) is 0 Å². The number of benzene rings is 10. The molecule has 0 saturated carbocycles. The zero-order chi connectivity index (χ0) is 42.2. The molecule has 4 heteroatoms. The Bertz CT molecular complexity index is 3750. The molecular weight excluding hydrogens is 791 g/mol. The fourth-order valence-electron chi connectivity index (χ4n) is 10.9. The Kier molecular flexibility index (Phi) is 8.23. The third-order valence-corrected chi connectivity index (χ3v) is 18.3. The maximum Gasteiger partial charge on any atom is 0.179 e. The number of rotatable bonds is 7. The number of aromatic nitrogens is 3. The average molecular weight is 832 g/mol. The highest BCUT2D eigenvalue weighted by atomic mass is 28.3. The van der Waals surface area contributed by atoms with Crippen molar-refractivity contribution in [1.29, 1.82) is 0 Å². The number of fused-ring (bicyclic) bond motifs is 9. The highest BCUT2D eigenvalue weighted by Crippen LogP contribution is 2.39. The first kappa shape index (κ1) is 36.5. The van der Waals surface area contributed by atoms with Crippen LogP contribution in [-0.4, -0.2) is 21.8 Å². The number of para-hydroxylation sites is 4. The van der Waals surface area contributed by atoms with Crippen LogP contribution in [0.1, 0.15) is 0 Å². The van der Waals surface area contributed by atoms with Gasteiger partial charge in [0.25, 0.3) is 0 Å². The van der Waals surface area contributed by atoms with E-state index in [1.807, 2.05) is 0 Å². The van der Waals surface area contributed by atoms with Gasteiger partial charge < -0.3 is 13.7 Å². The molecule has 300 valence electrons. The topological polar surface area (TPSA) is 14.8 Å². The SMILES string of the molecule is c1ccc([Si](c2ccccc2)(c2ccccc2)c2cccc(-n3c4ccccc4c4ccc(-n5c6ccccc6c6cc(-n7c8ccccc8c8ccccc87)ccc65)cc43)c2)cc1. The highest BCUT2D eigenvalue weighted by Gasteiger charge is 2.41. The zero-order valence-electron chi connectivity index (χ0n) is 35.0. The van der Waals surface area contributed by atoms with Crippen molar-refractivity contribution >= 4 is 94.2 Å². The van der Waals surface area contributed by atoms with E-state index < -0.39 is 8.07 Å². The van der Waals surface area contributed by atoms with Gasteiger partial charge in [0.2, 0.25) is 0 Å². The van der Waals surface area contributed by atoms with Crippen LogP contribution >= 0.6 is 0 Å². The first-order chi connectivity index (χ1) is 31.8. The van der Waals surface area contributed by atoms with Crippen LogP contribution in [0.4, 0.5) is 0 Å². The standard InChI is InChI=1S/C60H41N3Si/c1-4-20-45(21-5-1)64(46-22-6-2-7-23-46,47-24-8-3-9-25-47)48-26-18-19-42(39-48)63-57-33-16-12-29-51(57)53-37-35-44(41-60(53)63)62-58-34-17-13-30-52(58)54-40-43(36-38-59(54)62)61-55-31-14-10-27-49(55)50-28-11-15-32-56(50)61/h1-41H. The van der Waals surface area contributed by atoms with E-state index in [0.29, 0.717) is 0 Å². The summed E-state index contributed by atoms with van der Waals surface area (Å²) < 4.78 is 7.36. The van der Waals surface area contributed by atoms with Gasteiger partial charge in [0, 0.05) is 49.4 Å². The minimum Gasteiger partial charge on any atom is -0.309 e. The lowest BCUT2D eigenvalue weighted by Crippen LogP contribution is -2.74. The van der Waals surface area contributed by atoms with E-state index in [4.69, 9.17) is 0 Å². The summed E-state index contributed by atoms with van der Waals surface area (Å²) in [6.45, 7) is 0. The maximum absolute atomic E-state index is 2.77. The van der Waals surface area contributed by atoms with Crippen molar-refractivity contribution in [3.8, 4) is 17.1 Å². The lowest BCUT2D eigenvalue weighted by Gasteiger charge is -2.34. The molecule has 0 amide bonds. The molecule has 10 aromatic carbocycles. The third kappa shape index (κ3) is 5.33. The predicted molar refractivity (Wildman–Crippen MR) is 273 cm³/mol. The molecule has 13 aromatic rings. The van der Waals surface area contributed by atoms with Crippen LogP contribution in [0.3, 0.4) is 0 Å². The summed E-state index contributed by atoms with van der Waals surface area (Å²) >= 11 is 0. The molecule has 0 bridgehead atoms. The van der Waals surface area contributed by atoms with Gasteiger partial charge in [0.1, 0.15) is 0 Å². The van der Waals surface area contributed by atoms with Crippen LogP contribution in [0, 0.1) is 0 Å². The van der Waals surface area contributed by atoms with Gasteiger partial charge in [0.05, 0.1) is 33.1 Å². The lowest BCUT2D eigenvalue weighted by atomic mass is 10.1. The predicted octanol–water partition coefficient (Wildman–Crippen LogP) is 12.4. The molecule has 13 rings (SSSR count). The van der Waals surface area contributed by atoms with E-state index in [9.17, 15) is 0 Å². The second kappa shape index (κ2) is 14.5. The first-order valence-electron chi connectivity index (χ1n) is 22.1. The van der Waals surface area contributed by atoms with Crippen LogP contribution in [0.25, 0.3) is 82.5 Å². The van der Waals surface area contributed by atoms with Gasteiger partial charge >= 0.3 is 0 Å². The van der Waals surface area contributed by atoms with Gasteiger partial charge in [-0.2, -0.15) is 0 Å². The monoisotopic (exact) mass is 831 g/mol.